The van der Waals surface area contributed by atoms with E-state index in [2.05, 4.69) is 5.32 Å². The molecule has 118 valence electrons. The van der Waals surface area contributed by atoms with Crippen molar-refractivity contribution in [2.45, 2.75) is 0 Å². The number of carbonyl (C=O) groups excluding carboxylic acids is 2. The van der Waals surface area contributed by atoms with Gasteiger partial charge in [0, 0.05) is 11.1 Å². The molecule has 0 aliphatic carbocycles. The van der Waals surface area contributed by atoms with Gasteiger partial charge in [-0.3, -0.25) is 9.59 Å². The molecule has 0 aliphatic rings. The van der Waals surface area contributed by atoms with Crippen LogP contribution in [-0.4, -0.2) is 18.2 Å². The number of hydrogen-bond donors (Lipinski definition) is 1. The Balaban J connectivity index is 1.62. The zero-order chi connectivity index (χ0) is 16.8. The van der Waals surface area contributed by atoms with Gasteiger partial charge >= 0.3 is 0 Å². The molecule has 0 aliphatic heterocycles. The van der Waals surface area contributed by atoms with Crippen molar-refractivity contribution in [3.8, 4) is 11.1 Å². The van der Waals surface area contributed by atoms with Gasteiger partial charge in [-0.2, -0.15) is 0 Å². The Kier molecular flexibility index (Phi) is 4.82. The lowest BCUT2D eigenvalue weighted by Crippen LogP contribution is -2.29. The Morgan fingerprint density at radius 2 is 1.17 bits per heavy atom. The average molecular weight is 315 g/mol. The topological polar surface area (TPSA) is 46.2 Å². The number of benzene rings is 3. The number of ketones is 1. The first-order valence-corrected chi connectivity index (χ1v) is 7.76. The minimum atomic E-state index is -0.246. The quantitative estimate of drug-likeness (QED) is 0.724. The van der Waals surface area contributed by atoms with Gasteiger partial charge in [0.25, 0.3) is 5.91 Å². The fraction of sp³-hybridized carbons (Fsp3) is 0.0476. The molecule has 0 bridgehead atoms. The fourth-order valence-electron chi connectivity index (χ4n) is 2.43. The van der Waals surface area contributed by atoms with E-state index in [1.165, 1.54) is 0 Å². The first kappa shape index (κ1) is 15.7. The van der Waals surface area contributed by atoms with Gasteiger partial charge in [-0.15, -0.1) is 0 Å². The second-order valence-corrected chi connectivity index (χ2v) is 5.42. The van der Waals surface area contributed by atoms with Gasteiger partial charge in [-0.25, -0.2) is 0 Å². The van der Waals surface area contributed by atoms with Crippen LogP contribution in [0.3, 0.4) is 0 Å². The van der Waals surface area contributed by atoms with Gasteiger partial charge in [0.05, 0.1) is 6.54 Å². The molecule has 0 fully saturated rings. The van der Waals surface area contributed by atoms with E-state index in [9.17, 15) is 9.59 Å². The Bertz CT molecular complexity index is 825. The van der Waals surface area contributed by atoms with Crippen LogP contribution in [0.1, 0.15) is 20.7 Å². The molecular formula is C21H17NO2. The summed E-state index contributed by atoms with van der Waals surface area (Å²) in [6.07, 6.45) is 0. The molecule has 3 aromatic carbocycles. The molecule has 0 atom stereocenters. The van der Waals surface area contributed by atoms with Crippen molar-refractivity contribution in [3.05, 3.63) is 96.1 Å². The van der Waals surface area contributed by atoms with Gasteiger partial charge < -0.3 is 5.32 Å². The summed E-state index contributed by atoms with van der Waals surface area (Å²) >= 11 is 0. The number of nitrogens with one attached hydrogen (secondary N) is 1. The third-order valence-corrected chi connectivity index (χ3v) is 3.76. The lowest BCUT2D eigenvalue weighted by molar-refractivity contribution is 0.0904. The van der Waals surface area contributed by atoms with Gasteiger partial charge in [-0.05, 0) is 23.3 Å². The fourth-order valence-corrected chi connectivity index (χ4v) is 2.43. The highest BCUT2D eigenvalue weighted by atomic mass is 16.2. The summed E-state index contributed by atoms with van der Waals surface area (Å²) < 4.78 is 0. The van der Waals surface area contributed by atoms with E-state index >= 15 is 0 Å². The van der Waals surface area contributed by atoms with E-state index in [-0.39, 0.29) is 18.2 Å². The zero-order valence-electron chi connectivity index (χ0n) is 13.1. The van der Waals surface area contributed by atoms with Crippen molar-refractivity contribution in [2.75, 3.05) is 6.54 Å². The molecule has 1 amide bonds. The second-order valence-electron chi connectivity index (χ2n) is 5.42. The molecule has 3 aromatic rings. The highest BCUT2D eigenvalue weighted by Gasteiger charge is 2.09. The van der Waals surface area contributed by atoms with Gasteiger partial charge in [0.2, 0.25) is 0 Å². The monoisotopic (exact) mass is 315 g/mol. The zero-order valence-corrected chi connectivity index (χ0v) is 13.1. The summed E-state index contributed by atoms with van der Waals surface area (Å²) in [5, 5.41) is 2.66. The van der Waals surface area contributed by atoms with Crippen LogP contribution in [0.4, 0.5) is 0 Å². The SMILES string of the molecule is O=C(CNC(=O)c1ccccc1)c1ccc(-c2ccccc2)cc1. The van der Waals surface area contributed by atoms with Crippen LogP contribution in [-0.2, 0) is 0 Å². The number of Topliss-reactive ketones (excluding diaryl/α,β-unsaturated/α-hetero) is 1. The summed E-state index contributed by atoms with van der Waals surface area (Å²) in [7, 11) is 0. The average Bonchev–Trinajstić information content (AvgIpc) is 2.67. The van der Waals surface area contributed by atoms with E-state index in [1.54, 1.807) is 36.4 Å². The number of amides is 1. The third kappa shape index (κ3) is 3.76. The minimum Gasteiger partial charge on any atom is -0.345 e. The second kappa shape index (κ2) is 7.38. The molecule has 3 heteroatoms. The Labute approximate surface area is 141 Å². The normalized spacial score (nSPS) is 10.2. The maximum absolute atomic E-state index is 12.2. The minimum absolute atomic E-state index is 0.0155. The maximum Gasteiger partial charge on any atom is 0.251 e. The lowest BCUT2D eigenvalue weighted by atomic mass is 10.0. The smallest absolute Gasteiger partial charge is 0.251 e. The highest BCUT2D eigenvalue weighted by Crippen LogP contribution is 2.19. The molecule has 0 saturated heterocycles. The number of rotatable bonds is 5. The van der Waals surface area contributed by atoms with E-state index in [0.717, 1.165) is 11.1 Å². The van der Waals surface area contributed by atoms with E-state index < -0.39 is 0 Å². The van der Waals surface area contributed by atoms with E-state index in [0.29, 0.717) is 11.1 Å². The van der Waals surface area contributed by atoms with Crippen LogP contribution in [0.2, 0.25) is 0 Å². The van der Waals surface area contributed by atoms with E-state index in [1.807, 2.05) is 48.5 Å². The standard InChI is InChI=1S/C21H17NO2/c23-20(15-22-21(24)19-9-5-2-6-10-19)18-13-11-17(12-14-18)16-7-3-1-4-8-16/h1-14H,15H2,(H,22,24). The highest BCUT2D eigenvalue weighted by molar-refractivity contribution is 6.02. The molecule has 0 heterocycles. The van der Waals surface area contributed by atoms with Crippen LogP contribution in [0, 0.1) is 0 Å². The summed E-state index contributed by atoms with van der Waals surface area (Å²) in [4.78, 5) is 24.2. The van der Waals surface area contributed by atoms with Crippen LogP contribution in [0.15, 0.2) is 84.9 Å². The Morgan fingerprint density at radius 3 is 1.79 bits per heavy atom. The predicted molar refractivity (Wildman–Crippen MR) is 95.0 cm³/mol. The molecule has 0 saturated carbocycles. The molecule has 1 N–H and O–H groups in total. The summed E-state index contributed by atoms with van der Waals surface area (Å²) in [6, 6.07) is 26.3. The molecular weight excluding hydrogens is 298 g/mol. The summed E-state index contributed by atoms with van der Waals surface area (Å²) in [5.41, 5.74) is 3.29. The molecule has 3 rings (SSSR count). The summed E-state index contributed by atoms with van der Waals surface area (Å²) in [5.74, 6) is -0.358. The molecule has 0 spiro atoms. The predicted octanol–water partition coefficient (Wildman–Crippen LogP) is 3.97. The number of hydrogen-bond acceptors (Lipinski definition) is 2. The molecule has 0 aromatic heterocycles. The van der Waals surface area contributed by atoms with E-state index in [4.69, 9.17) is 0 Å². The van der Waals surface area contributed by atoms with Crippen molar-refractivity contribution >= 4 is 11.7 Å². The Hall–Kier alpha value is -3.20. The van der Waals surface area contributed by atoms with Crippen molar-refractivity contribution in [3.63, 3.8) is 0 Å². The maximum atomic E-state index is 12.2. The number of carbonyl (C=O) groups is 2. The third-order valence-electron chi connectivity index (χ3n) is 3.76. The largest absolute Gasteiger partial charge is 0.345 e. The van der Waals surface area contributed by atoms with Crippen LogP contribution in [0.25, 0.3) is 11.1 Å². The van der Waals surface area contributed by atoms with Crippen molar-refractivity contribution in [2.24, 2.45) is 0 Å². The molecule has 24 heavy (non-hydrogen) atoms. The lowest BCUT2D eigenvalue weighted by Gasteiger charge is -2.06. The van der Waals surface area contributed by atoms with Crippen LogP contribution >= 0.6 is 0 Å². The van der Waals surface area contributed by atoms with Crippen molar-refractivity contribution in [1.29, 1.82) is 0 Å². The van der Waals surface area contributed by atoms with Crippen molar-refractivity contribution in [1.82, 2.24) is 5.32 Å². The van der Waals surface area contributed by atoms with Gasteiger partial charge in [-0.1, -0.05) is 72.8 Å². The van der Waals surface area contributed by atoms with Gasteiger partial charge in [0.1, 0.15) is 0 Å². The first-order chi connectivity index (χ1) is 11.7. The first-order valence-electron chi connectivity index (χ1n) is 7.76. The van der Waals surface area contributed by atoms with Crippen LogP contribution in [0.5, 0.6) is 0 Å². The summed E-state index contributed by atoms with van der Waals surface area (Å²) in [6.45, 7) is -0.0155. The van der Waals surface area contributed by atoms with Crippen LogP contribution < -0.4 is 5.32 Å². The molecule has 0 radical (unpaired) electrons. The van der Waals surface area contributed by atoms with Gasteiger partial charge in [0.15, 0.2) is 5.78 Å². The Morgan fingerprint density at radius 1 is 0.625 bits per heavy atom. The molecule has 3 nitrogen and oxygen atoms in total. The van der Waals surface area contributed by atoms with Crippen molar-refractivity contribution < 1.29 is 9.59 Å². The molecule has 0 unspecified atom stereocenters.